The number of piperidine rings is 1. The first-order valence-electron chi connectivity index (χ1n) is 14.9. The summed E-state index contributed by atoms with van der Waals surface area (Å²) in [4.78, 5) is 36.9. The fraction of sp³-hybridized carbons (Fsp3) is 0.333. The highest BCUT2D eigenvalue weighted by atomic mass is 35.5. The first kappa shape index (κ1) is 28.5. The maximum Gasteiger partial charge on any atom is 0.335 e. The number of ether oxygens (including phenoxy) is 1. The molecule has 2 aliphatic rings. The van der Waals surface area contributed by atoms with Crippen LogP contribution in [0.2, 0.25) is 5.02 Å². The van der Waals surface area contributed by atoms with Gasteiger partial charge < -0.3 is 24.1 Å². The van der Waals surface area contributed by atoms with E-state index in [-0.39, 0.29) is 23.5 Å². The Labute approximate surface area is 258 Å². The lowest BCUT2D eigenvalue weighted by Crippen LogP contribution is -2.35. The molecule has 44 heavy (non-hydrogen) atoms. The first-order valence-corrected chi connectivity index (χ1v) is 15.2. The SMILES string of the molecule is Cc1cc2c(Cl)ccc(C(=O)Nc3cccc(C4CCN(Cc5nc6ccc(C(=O)O)cc6n5C[C@@H]5CCO5)CC4)n3)c2o1. The molecule has 2 N–H and O–H groups in total. The molecule has 0 unspecified atom stereocenters. The average molecular weight is 614 g/mol. The molecule has 2 aliphatic heterocycles. The number of benzene rings is 2. The number of carbonyl (C=O) groups excluding carboxylic acids is 1. The normalized spacial score (nSPS) is 17.6. The quantitative estimate of drug-likeness (QED) is 0.210. The molecular weight excluding hydrogens is 582 g/mol. The molecule has 226 valence electrons. The van der Waals surface area contributed by atoms with Gasteiger partial charge in [-0.3, -0.25) is 9.69 Å². The summed E-state index contributed by atoms with van der Waals surface area (Å²) in [5, 5.41) is 13.7. The molecule has 2 saturated heterocycles. The van der Waals surface area contributed by atoms with Gasteiger partial charge in [0.1, 0.15) is 23.0 Å². The molecule has 7 rings (SSSR count). The highest BCUT2D eigenvalue weighted by molar-refractivity contribution is 6.36. The topological polar surface area (TPSA) is 123 Å². The van der Waals surface area contributed by atoms with Crippen molar-refractivity contribution in [3.05, 3.63) is 88.0 Å². The Morgan fingerprint density at radius 3 is 2.64 bits per heavy atom. The number of carboxylic acids is 1. The molecule has 5 aromatic rings. The highest BCUT2D eigenvalue weighted by Crippen LogP contribution is 2.32. The molecular formula is C33H32ClN5O5. The molecule has 10 nitrogen and oxygen atoms in total. The summed E-state index contributed by atoms with van der Waals surface area (Å²) >= 11 is 6.30. The Hall–Kier alpha value is -4.25. The zero-order valence-corrected chi connectivity index (χ0v) is 25.0. The number of aromatic carboxylic acids is 1. The second-order valence-corrected chi connectivity index (χ2v) is 12.0. The second kappa shape index (κ2) is 11.7. The van der Waals surface area contributed by atoms with E-state index in [2.05, 4.69) is 14.8 Å². The zero-order chi connectivity index (χ0) is 30.4. The van der Waals surface area contributed by atoms with Gasteiger partial charge >= 0.3 is 5.97 Å². The second-order valence-electron chi connectivity index (χ2n) is 11.6. The Kier molecular flexibility index (Phi) is 7.57. The number of hydrogen-bond donors (Lipinski definition) is 2. The molecule has 0 spiro atoms. The number of aromatic nitrogens is 3. The lowest BCUT2D eigenvalue weighted by molar-refractivity contribution is -0.0592. The van der Waals surface area contributed by atoms with Gasteiger partial charge in [-0.2, -0.15) is 0 Å². The van der Waals surface area contributed by atoms with Crippen molar-refractivity contribution in [3.8, 4) is 0 Å². The van der Waals surface area contributed by atoms with Gasteiger partial charge in [-0.05, 0) is 87.8 Å². The summed E-state index contributed by atoms with van der Waals surface area (Å²) in [6.07, 6.45) is 2.95. The molecule has 0 aliphatic carbocycles. The smallest absolute Gasteiger partial charge is 0.335 e. The summed E-state index contributed by atoms with van der Waals surface area (Å²) in [5.74, 6) is 1.11. The van der Waals surface area contributed by atoms with Crippen molar-refractivity contribution in [1.29, 1.82) is 0 Å². The summed E-state index contributed by atoms with van der Waals surface area (Å²) in [6, 6.07) is 16.0. The van der Waals surface area contributed by atoms with Gasteiger partial charge in [-0.1, -0.05) is 17.7 Å². The minimum Gasteiger partial charge on any atom is -0.478 e. The van der Waals surface area contributed by atoms with Crippen LogP contribution in [0, 0.1) is 6.92 Å². The van der Waals surface area contributed by atoms with E-state index in [1.54, 1.807) is 36.4 Å². The van der Waals surface area contributed by atoms with Crippen molar-refractivity contribution in [1.82, 2.24) is 19.4 Å². The van der Waals surface area contributed by atoms with Crippen molar-refractivity contribution in [3.63, 3.8) is 0 Å². The van der Waals surface area contributed by atoms with E-state index in [1.165, 1.54) is 0 Å². The van der Waals surface area contributed by atoms with Crippen LogP contribution < -0.4 is 5.32 Å². The van der Waals surface area contributed by atoms with E-state index in [4.69, 9.17) is 30.7 Å². The lowest BCUT2D eigenvalue weighted by atomic mass is 9.93. The van der Waals surface area contributed by atoms with E-state index < -0.39 is 5.97 Å². The number of rotatable bonds is 8. The van der Waals surface area contributed by atoms with Crippen molar-refractivity contribution >= 4 is 51.3 Å². The molecule has 3 aromatic heterocycles. The van der Waals surface area contributed by atoms with Crippen LogP contribution in [-0.4, -0.2) is 62.2 Å². The zero-order valence-electron chi connectivity index (χ0n) is 24.3. The number of amides is 1. The molecule has 0 radical (unpaired) electrons. The first-order chi connectivity index (χ1) is 21.3. The Bertz CT molecular complexity index is 1890. The molecule has 2 aromatic carbocycles. The number of hydrogen-bond acceptors (Lipinski definition) is 7. The van der Waals surface area contributed by atoms with Crippen LogP contribution in [0.15, 0.2) is 59.0 Å². The predicted octanol–water partition coefficient (Wildman–Crippen LogP) is 6.26. The number of pyridine rings is 1. The van der Waals surface area contributed by atoms with E-state index in [0.29, 0.717) is 46.2 Å². The predicted molar refractivity (Wildman–Crippen MR) is 166 cm³/mol. The number of nitrogens with zero attached hydrogens (tertiary/aromatic N) is 4. The van der Waals surface area contributed by atoms with Crippen molar-refractivity contribution < 1.29 is 23.8 Å². The van der Waals surface area contributed by atoms with Gasteiger partial charge in [-0.25, -0.2) is 14.8 Å². The lowest BCUT2D eigenvalue weighted by Gasteiger charge is -2.32. The van der Waals surface area contributed by atoms with Crippen LogP contribution in [0.5, 0.6) is 0 Å². The largest absolute Gasteiger partial charge is 0.478 e. The van der Waals surface area contributed by atoms with Crippen LogP contribution in [0.25, 0.3) is 22.0 Å². The van der Waals surface area contributed by atoms with E-state index in [1.807, 2.05) is 25.1 Å². The standard InChI is InChI=1S/C33H32ClN5O5/c1-19-15-24-25(34)7-6-23(31(24)44-19)32(40)37-29-4-2-3-26(35-29)20-9-12-38(13-10-20)18-30-36-27-8-5-21(33(41)42)16-28(27)39(30)17-22-11-14-43-22/h2-8,15-16,20,22H,9-14,17-18H2,1H3,(H,41,42)(H,35,37,40)/t22-/m0/s1. The van der Waals surface area contributed by atoms with E-state index >= 15 is 0 Å². The van der Waals surface area contributed by atoms with Crippen LogP contribution in [-0.2, 0) is 17.8 Å². The Morgan fingerprint density at radius 1 is 1.07 bits per heavy atom. The number of anilines is 1. The summed E-state index contributed by atoms with van der Waals surface area (Å²) in [5.41, 5.74) is 3.70. The monoisotopic (exact) mass is 613 g/mol. The molecule has 2 fully saturated rings. The van der Waals surface area contributed by atoms with Gasteiger partial charge in [0, 0.05) is 23.6 Å². The third kappa shape index (κ3) is 5.56. The fourth-order valence-electron chi connectivity index (χ4n) is 6.17. The van der Waals surface area contributed by atoms with Crippen LogP contribution >= 0.6 is 11.6 Å². The number of halogens is 1. The van der Waals surface area contributed by atoms with E-state index in [9.17, 15) is 14.7 Å². The van der Waals surface area contributed by atoms with Gasteiger partial charge in [0.2, 0.25) is 0 Å². The maximum atomic E-state index is 13.2. The number of carboxylic acid groups (broad SMARTS) is 1. The third-order valence-electron chi connectivity index (χ3n) is 8.64. The maximum absolute atomic E-state index is 13.2. The van der Waals surface area contributed by atoms with Gasteiger partial charge in [0.25, 0.3) is 5.91 Å². The Balaban J connectivity index is 1.03. The number of nitrogens with one attached hydrogen (secondary N) is 1. The van der Waals surface area contributed by atoms with Crippen molar-refractivity contribution in [2.45, 2.75) is 51.3 Å². The third-order valence-corrected chi connectivity index (χ3v) is 8.96. The molecule has 0 saturated carbocycles. The number of carbonyl (C=O) groups is 2. The van der Waals surface area contributed by atoms with Gasteiger partial charge in [-0.15, -0.1) is 0 Å². The molecule has 11 heteroatoms. The van der Waals surface area contributed by atoms with Gasteiger partial charge in [0.05, 0.1) is 46.4 Å². The molecule has 5 heterocycles. The fourth-order valence-corrected chi connectivity index (χ4v) is 6.38. The number of likely N-dealkylation sites (tertiary alicyclic amines) is 1. The molecule has 0 bridgehead atoms. The summed E-state index contributed by atoms with van der Waals surface area (Å²) in [7, 11) is 0. The minimum atomic E-state index is -0.949. The highest BCUT2D eigenvalue weighted by Gasteiger charge is 2.26. The van der Waals surface area contributed by atoms with Gasteiger partial charge in [0.15, 0.2) is 0 Å². The van der Waals surface area contributed by atoms with Crippen molar-refractivity contribution in [2.75, 3.05) is 25.0 Å². The summed E-state index contributed by atoms with van der Waals surface area (Å²) in [6.45, 7) is 5.65. The summed E-state index contributed by atoms with van der Waals surface area (Å²) < 4.78 is 13.6. The van der Waals surface area contributed by atoms with Crippen LogP contribution in [0.3, 0.4) is 0 Å². The number of aryl methyl sites for hydroxylation is 1. The number of imidazole rings is 1. The molecule has 1 amide bonds. The van der Waals surface area contributed by atoms with Crippen molar-refractivity contribution in [2.24, 2.45) is 0 Å². The average Bonchev–Trinajstić information content (AvgIpc) is 3.55. The number of furan rings is 1. The van der Waals surface area contributed by atoms with E-state index in [0.717, 1.165) is 61.5 Å². The Morgan fingerprint density at radius 2 is 1.89 bits per heavy atom. The molecule has 1 atom stereocenters. The van der Waals surface area contributed by atoms with Crippen LogP contribution in [0.4, 0.5) is 5.82 Å². The number of fused-ring (bicyclic) bond motifs is 2. The van der Waals surface area contributed by atoms with Crippen LogP contribution in [0.1, 0.15) is 63.2 Å². The minimum absolute atomic E-state index is 0.123.